The third-order valence-corrected chi connectivity index (χ3v) is 5.24. The Balaban J connectivity index is 1.81. The third kappa shape index (κ3) is 3.76. The molecule has 0 saturated carbocycles. The average molecular weight is 347 g/mol. The molecule has 0 radical (unpaired) electrons. The number of carbonyl (C=O) groups excluding carboxylic acids is 1. The number of carbonyl (C=O) groups is 1. The lowest BCUT2D eigenvalue weighted by Crippen LogP contribution is -2.59. The molecule has 0 spiro atoms. The first kappa shape index (κ1) is 18.1. The molecule has 2 aliphatic rings. The highest BCUT2D eigenvalue weighted by Gasteiger charge is 2.49. The van der Waals surface area contributed by atoms with Crippen molar-refractivity contribution >= 4 is 6.09 Å². The normalized spacial score (nSPS) is 29.2. The Hall–Kier alpha value is -1.75. The van der Waals surface area contributed by atoms with Crippen LogP contribution in [-0.2, 0) is 10.3 Å². The van der Waals surface area contributed by atoms with E-state index in [0.717, 1.165) is 30.6 Å². The van der Waals surface area contributed by atoms with Crippen LogP contribution in [0.2, 0.25) is 0 Å². The van der Waals surface area contributed by atoms with Crippen LogP contribution >= 0.6 is 0 Å². The molecule has 2 aliphatic heterocycles. The minimum Gasteiger partial charge on any atom is -0.497 e. The minimum atomic E-state index is -0.902. The van der Waals surface area contributed by atoms with Crippen LogP contribution in [0.25, 0.3) is 0 Å². The number of hydrogen-bond donors (Lipinski definition) is 1. The predicted molar refractivity (Wildman–Crippen MR) is 95.6 cm³/mol. The van der Waals surface area contributed by atoms with Crippen LogP contribution in [0.1, 0.15) is 58.4 Å². The Kier molecular flexibility index (Phi) is 4.71. The molecule has 1 aromatic rings. The number of amides is 1. The maximum atomic E-state index is 12.7. The SMILES string of the molecule is COc1ccc(C2(O)CC3CCCC(C2)N3C(=O)OC(C)(C)C)cc1. The number of piperidine rings is 2. The number of aliphatic hydroxyl groups is 1. The number of nitrogens with zero attached hydrogens (tertiary/aromatic N) is 1. The molecule has 2 bridgehead atoms. The number of methoxy groups -OCH3 is 1. The molecule has 138 valence electrons. The second-order valence-corrected chi connectivity index (χ2v) is 8.29. The van der Waals surface area contributed by atoms with Gasteiger partial charge in [-0.1, -0.05) is 12.1 Å². The van der Waals surface area contributed by atoms with Crippen molar-refractivity contribution in [3.8, 4) is 5.75 Å². The quantitative estimate of drug-likeness (QED) is 0.883. The van der Waals surface area contributed by atoms with Gasteiger partial charge in [0.1, 0.15) is 11.4 Å². The van der Waals surface area contributed by atoms with Gasteiger partial charge in [0.25, 0.3) is 0 Å². The van der Waals surface area contributed by atoms with Gasteiger partial charge in [-0.05, 0) is 57.7 Å². The summed E-state index contributed by atoms with van der Waals surface area (Å²) >= 11 is 0. The summed E-state index contributed by atoms with van der Waals surface area (Å²) in [5, 5.41) is 11.3. The van der Waals surface area contributed by atoms with E-state index in [2.05, 4.69) is 0 Å². The maximum Gasteiger partial charge on any atom is 0.410 e. The van der Waals surface area contributed by atoms with Crippen LogP contribution in [0.3, 0.4) is 0 Å². The zero-order chi connectivity index (χ0) is 18.2. The highest BCUT2D eigenvalue weighted by molar-refractivity contribution is 5.69. The molecule has 2 saturated heterocycles. The lowest BCUT2D eigenvalue weighted by atomic mass is 9.72. The Morgan fingerprint density at radius 3 is 2.20 bits per heavy atom. The highest BCUT2D eigenvalue weighted by Crippen LogP contribution is 2.45. The van der Waals surface area contributed by atoms with E-state index < -0.39 is 11.2 Å². The van der Waals surface area contributed by atoms with E-state index in [-0.39, 0.29) is 18.2 Å². The van der Waals surface area contributed by atoms with Crippen LogP contribution in [0, 0.1) is 0 Å². The third-order valence-electron chi connectivity index (χ3n) is 5.24. The van der Waals surface area contributed by atoms with Gasteiger partial charge in [0.2, 0.25) is 0 Å². The summed E-state index contributed by atoms with van der Waals surface area (Å²) in [5.41, 5.74) is -0.510. The van der Waals surface area contributed by atoms with Crippen molar-refractivity contribution in [2.75, 3.05) is 7.11 Å². The fraction of sp³-hybridized carbons (Fsp3) is 0.650. The lowest BCUT2D eigenvalue weighted by Gasteiger charge is -2.51. The molecule has 5 heteroatoms. The number of benzene rings is 1. The molecule has 2 atom stereocenters. The summed E-state index contributed by atoms with van der Waals surface area (Å²) < 4.78 is 10.8. The Labute approximate surface area is 149 Å². The van der Waals surface area contributed by atoms with Crippen LogP contribution < -0.4 is 4.74 Å². The van der Waals surface area contributed by atoms with Crippen molar-refractivity contribution in [1.82, 2.24) is 4.90 Å². The van der Waals surface area contributed by atoms with Gasteiger partial charge < -0.3 is 19.5 Å². The molecule has 0 aromatic heterocycles. The fourth-order valence-electron chi connectivity index (χ4n) is 4.18. The Bertz CT molecular complexity index is 606. The topological polar surface area (TPSA) is 59.0 Å². The molecule has 2 unspecified atom stereocenters. The number of ether oxygens (including phenoxy) is 2. The monoisotopic (exact) mass is 347 g/mol. The first-order chi connectivity index (χ1) is 11.7. The van der Waals surface area contributed by atoms with Crippen molar-refractivity contribution in [3.05, 3.63) is 29.8 Å². The first-order valence-electron chi connectivity index (χ1n) is 9.10. The van der Waals surface area contributed by atoms with Crippen LogP contribution in [0.4, 0.5) is 4.79 Å². The zero-order valence-electron chi connectivity index (χ0n) is 15.6. The molecular formula is C20H29NO4. The van der Waals surface area contributed by atoms with Crippen LogP contribution in [-0.4, -0.2) is 40.9 Å². The second-order valence-electron chi connectivity index (χ2n) is 8.29. The zero-order valence-corrected chi connectivity index (χ0v) is 15.6. The van der Waals surface area contributed by atoms with E-state index in [9.17, 15) is 9.90 Å². The summed E-state index contributed by atoms with van der Waals surface area (Å²) in [7, 11) is 1.63. The predicted octanol–water partition coefficient (Wildman–Crippen LogP) is 3.83. The molecule has 2 heterocycles. The van der Waals surface area contributed by atoms with E-state index in [1.807, 2.05) is 49.9 Å². The highest BCUT2D eigenvalue weighted by atomic mass is 16.6. The maximum absolute atomic E-state index is 12.7. The molecule has 0 aliphatic carbocycles. The van der Waals surface area contributed by atoms with Gasteiger partial charge in [0.15, 0.2) is 0 Å². The van der Waals surface area contributed by atoms with Gasteiger partial charge in [0.05, 0.1) is 12.7 Å². The molecule has 1 N–H and O–H groups in total. The van der Waals surface area contributed by atoms with Crippen molar-refractivity contribution in [2.24, 2.45) is 0 Å². The van der Waals surface area contributed by atoms with E-state index in [1.54, 1.807) is 7.11 Å². The lowest BCUT2D eigenvalue weighted by molar-refractivity contribution is -0.0965. The summed E-state index contributed by atoms with van der Waals surface area (Å²) in [4.78, 5) is 14.5. The van der Waals surface area contributed by atoms with Crippen molar-refractivity contribution in [1.29, 1.82) is 0 Å². The number of hydrogen-bond acceptors (Lipinski definition) is 4. The van der Waals surface area contributed by atoms with Crippen LogP contribution in [0.15, 0.2) is 24.3 Å². The smallest absolute Gasteiger partial charge is 0.410 e. The van der Waals surface area contributed by atoms with E-state index in [4.69, 9.17) is 9.47 Å². The number of fused-ring (bicyclic) bond motifs is 2. The molecule has 1 aromatic carbocycles. The first-order valence-corrected chi connectivity index (χ1v) is 9.10. The average Bonchev–Trinajstić information content (AvgIpc) is 2.52. The number of rotatable bonds is 2. The Morgan fingerprint density at radius 2 is 1.72 bits per heavy atom. The molecule has 5 nitrogen and oxygen atoms in total. The molecule has 3 rings (SSSR count). The van der Waals surface area contributed by atoms with Crippen molar-refractivity contribution in [3.63, 3.8) is 0 Å². The fourth-order valence-corrected chi connectivity index (χ4v) is 4.18. The van der Waals surface area contributed by atoms with Crippen LogP contribution in [0.5, 0.6) is 5.75 Å². The van der Waals surface area contributed by atoms with Gasteiger partial charge in [-0.2, -0.15) is 0 Å². The summed E-state index contributed by atoms with van der Waals surface area (Å²) in [5.74, 6) is 0.777. The molecule has 25 heavy (non-hydrogen) atoms. The van der Waals surface area contributed by atoms with E-state index >= 15 is 0 Å². The van der Waals surface area contributed by atoms with E-state index in [0.29, 0.717) is 12.8 Å². The van der Waals surface area contributed by atoms with E-state index in [1.165, 1.54) is 0 Å². The Morgan fingerprint density at radius 1 is 1.16 bits per heavy atom. The minimum absolute atomic E-state index is 0.0226. The molecular weight excluding hydrogens is 318 g/mol. The standard InChI is InChI=1S/C20H29NO4/c1-19(2,3)25-18(22)21-15-6-5-7-16(21)13-20(23,12-15)14-8-10-17(24-4)11-9-14/h8-11,15-16,23H,5-7,12-13H2,1-4H3. The second kappa shape index (κ2) is 6.52. The summed E-state index contributed by atoms with van der Waals surface area (Å²) in [6, 6.07) is 7.66. The van der Waals surface area contributed by atoms with Gasteiger partial charge >= 0.3 is 6.09 Å². The summed E-state index contributed by atoms with van der Waals surface area (Å²) in [6.45, 7) is 5.66. The summed E-state index contributed by atoms with van der Waals surface area (Å²) in [6.07, 6.45) is 3.76. The van der Waals surface area contributed by atoms with Gasteiger partial charge in [-0.3, -0.25) is 0 Å². The van der Waals surface area contributed by atoms with Crippen molar-refractivity contribution < 1.29 is 19.4 Å². The molecule has 1 amide bonds. The largest absolute Gasteiger partial charge is 0.497 e. The van der Waals surface area contributed by atoms with Gasteiger partial charge in [-0.25, -0.2) is 4.79 Å². The van der Waals surface area contributed by atoms with Gasteiger partial charge in [-0.15, -0.1) is 0 Å². The molecule has 2 fully saturated rings. The van der Waals surface area contributed by atoms with Gasteiger partial charge in [0, 0.05) is 24.9 Å². The van der Waals surface area contributed by atoms with Crippen molar-refractivity contribution in [2.45, 2.75) is 76.2 Å².